The van der Waals surface area contributed by atoms with E-state index in [-0.39, 0.29) is 6.29 Å². The van der Waals surface area contributed by atoms with Crippen LogP contribution in [0.2, 0.25) is 0 Å². The molecule has 0 saturated carbocycles. The van der Waals surface area contributed by atoms with Crippen LogP contribution in [0.1, 0.15) is 11.3 Å². The first-order valence-electron chi connectivity index (χ1n) is 7.06. The normalized spacial score (nSPS) is 11.4. The highest BCUT2D eigenvalue weighted by Gasteiger charge is 2.14. The van der Waals surface area contributed by atoms with Gasteiger partial charge in [0, 0.05) is 20.6 Å². The minimum atomic E-state index is -0.336. The second kappa shape index (κ2) is 6.64. The van der Waals surface area contributed by atoms with Crippen LogP contribution in [0.4, 0.5) is 0 Å². The van der Waals surface area contributed by atoms with Crippen LogP contribution in [0.25, 0.3) is 11.2 Å². The molecule has 0 aliphatic rings. The number of benzene rings is 1. The predicted molar refractivity (Wildman–Crippen MR) is 82.4 cm³/mol. The van der Waals surface area contributed by atoms with Crippen molar-refractivity contribution in [2.24, 2.45) is 0 Å². The summed E-state index contributed by atoms with van der Waals surface area (Å²) in [5.74, 6) is 0. The van der Waals surface area contributed by atoms with Gasteiger partial charge in [0.1, 0.15) is 11.8 Å². The molecule has 0 aliphatic carbocycles. The van der Waals surface area contributed by atoms with Gasteiger partial charge in [-0.15, -0.1) is 0 Å². The first kappa shape index (κ1) is 14.6. The zero-order valence-corrected chi connectivity index (χ0v) is 12.6. The first-order chi connectivity index (χ1) is 10.8. The Hall–Kier alpha value is -2.31. The molecule has 0 radical (unpaired) electrons. The molecule has 22 heavy (non-hydrogen) atoms. The Morgan fingerprint density at radius 2 is 1.82 bits per heavy atom. The van der Waals surface area contributed by atoms with Crippen LogP contribution in [0, 0.1) is 0 Å². The monoisotopic (exact) mass is 298 g/mol. The van der Waals surface area contributed by atoms with E-state index in [1.165, 1.54) is 5.56 Å². The molecule has 0 spiro atoms. The van der Waals surface area contributed by atoms with Gasteiger partial charge in [0.05, 0.1) is 18.6 Å². The third kappa shape index (κ3) is 2.98. The quantitative estimate of drug-likeness (QED) is 0.652. The van der Waals surface area contributed by atoms with Gasteiger partial charge in [-0.25, -0.2) is 15.0 Å². The molecule has 0 bridgehead atoms. The van der Waals surface area contributed by atoms with Crippen molar-refractivity contribution in [1.29, 1.82) is 0 Å². The molecule has 0 unspecified atom stereocenters. The fourth-order valence-corrected chi connectivity index (χ4v) is 2.40. The summed E-state index contributed by atoms with van der Waals surface area (Å²) in [4.78, 5) is 13.1. The number of nitrogens with zero attached hydrogens (tertiary/aromatic N) is 4. The number of fused-ring (bicyclic) bond motifs is 1. The lowest BCUT2D eigenvalue weighted by Gasteiger charge is -2.12. The number of rotatable bonds is 6. The summed E-state index contributed by atoms with van der Waals surface area (Å²) in [6.45, 7) is 0.728. The molecule has 1 aromatic carbocycles. The summed E-state index contributed by atoms with van der Waals surface area (Å²) in [6, 6.07) is 10.2. The van der Waals surface area contributed by atoms with E-state index in [1.54, 1.807) is 26.9 Å². The Labute approximate surface area is 128 Å². The lowest BCUT2D eigenvalue weighted by Crippen LogP contribution is -2.17. The molecule has 3 aromatic rings. The van der Waals surface area contributed by atoms with Crippen molar-refractivity contribution in [3.05, 3.63) is 54.2 Å². The van der Waals surface area contributed by atoms with Gasteiger partial charge >= 0.3 is 0 Å². The van der Waals surface area contributed by atoms with Crippen molar-refractivity contribution < 1.29 is 9.47 Å². The summed E-state index contributed by atoms with van der Waals surface area (Å²) in [7, 11) is 3.22. The molecule has 0 amide bonds. The molecule has 6 heteroatoms. The molecular formula is C16H18N4O2. The Bertz CT molecular complexity index is 738. The highest BCUT2D eigenvalue weighted by molar-refractivity contribution is 5.73. The van der Waals surface area contributed by atoms with E-state index in [4.69, 9.17) is 9.47 Å². The van der Waals surface area contributed by atoms with Crippen LogP contribution < -0.4 is 0 Å². The summed E-state index contributed by atoms with van der Waals surface area (Å²) < 4.78 is 12.5. The summed E-state index contributed by atoms with van der Waals surface area (Å²) >= 11 is 0. The first-order valence-corrected chi connectivity index (χ1v) is 7.06. The van der Waals surface area contributed by atoms with Crippen LogP contribution >= 0.6 is 0 Å². The van der Waals surface area contributed by atoms with E-state index in [0.29, 0.717) is 6.42 Å². The van der Waals surface area contributed by atoms with E-state index < -0.39 is 0 Å². The maximum Gasteiger partial charge on any atom is 0.163 e. The highest BCUT2D eigenvalue weighted by atomic mass is 16.7. The Morgan fingerprint density at radius 3 is 2.55 bits per heavy atom. The molecule has 0 atom stereocenters. The molecule has 0 saturated heterocycles. The zero-order valence-electron chi connectivity index (χ0n) is 12.6. The third-order valence-electron chi connectivity index (χ3n) is 3.56. The van der Waals surface area contributed by atoms with Crippen LogP contribution in [-0.4, -0.2) is 40.0 Å². The largest absolute Gasteiger partial charge is 0.356 e. The topological polar surface area (TPSA) is 62.1 Å². The molecule has 6 nitrogen and oxygen atoms in total. The number of aromatic nitrogens is 4. The average molecular weight is 298 g/mol. The fraction of sp³-hybridized carbons (Fsp3) is 0.312. The highest BCUT2D eigenvalue weighted by Crippen LogP contribution is 2.16. The van der Waals surface area contributed by atoms with E-state index in [1.807, 2.05) is 22.8 Å². The van der Waals surface area contributed by atoms with Gasteiger partial charge in [-0.2, -0.15) is 0 Å². The third-order valence-corrected chi connectivity index (χ3v) is 3.56. The van der Waals surface area contributed by atoms with Crippen molar-refractivity contribution in [3.63, 3.8) is 0 Å². The van der Waals surface area contributed by atoms with Crippen molar-refractivity contribution in [3.8, 4) is 0 Å². The van der Waals surface area contributed by atoms with Crippen molar-refractivity contribution in [2.45, 2.75) is 19.3 Å². The number of hydrogen-bond acceptors (Lipinski definition) is 5. The predicted octanol–water partition coefficient (Wildman–Crippen LogP) is 2.04. The second-order valence-electron chi connectivity index (χ2n) is 4.96. The number of methoxy groups -OCH3 is 2. The Morgan fingerprint density at radius 1 is 1.05 bits per heavy atom. The number of hydrogen-bond donors (Lipinski definition) is 0. The molecule has 114 valence electrons. The Balaban J connectivity index is 1.91. The molecule has 0 N–H and O–H groups in total. The van der Waals surface area contributed by atoms with E-state index in [2.05, 4.69) is 27.1 Å². The minimum Gasteiger partial charge on any atom is -0.356 e. The van der Waals surface area contributed by atoms with Crippen molar-refractivity contribution >= 4 is 11.2 Å². The molecule has 0 aliphatic heterocycles. The van der Waals surface area contributed by atoms with Gasteiger partial charge in [-0.3, -0.25) is 0 Å². The smallest absolute Gasteiger partial charge is 0.163 e. The van der Waals surface area contributed by atoms with Gasteiger partial charge in [-0.05, 0) is 5.56 Å². The van der Waals surface area contributed by atoms with Gasteiger partial charge in [0.2, 0.25) is 0 Å². The summed E-state index contributed by atoms with van der Waals surface area (Å²) in [5.41, 5.74) is 3.64. The maximum absolute atomic E-state index is 5.24. The van der Waals surface area contributed by atoms with E-state index in [9.17, 15) is 0 Å². The van der Waals surface area contributed by atoms with Crippen LogP contribution in [-0.2, 0) is 22.4 Å². The average Bonchev–Trinajstić information content (AvgIpc) is 2.97. The van der Waals surface area contributed by atoms with E-state index >= 15 is 0 Å². The molecule has 3 rings (SSSR count). The summed E-state index contributed by atoms with van der Waals surface area (Å²) in [5, 5.41) is 0. The summed E-state index contributed by atoms with van der Waals surface area (Å²) in [6.07, 6.45) is 3.56. The number of ether oxygens (including phenoxy) is 2. The second-order valence-corrected chi connectivity index (χ2v) is 4.96. The van der Waals surface area contributed by atoms with Crippen molar-refractivity contribution in [1.82, 2.24) is 19.5 Å². The fourth-order valence-electron chi connectivity index (χ4n) is 2.40. The minimum absolute atomic E-state index is 0.336. The molecular weight excluding hydrogens is 280 g/mol. The SMILES string of the molecule is COC(Cc1ncnc2c1ncn2Cc1ccccc1)OC. The van der Waals surface area contributed by atoms with E-state index in [0.717, 1.165) is 23.4 Å². The zero-order chi connectivity index (χ0) is 15.4. The number of imidazole rings is 1. The Kier molecular flexibility index (Phi) is 4.41. The van der Waals surface area contributed by atoms with Gasteiger partial charge in [0.15, 0.2) is 11.9 Å². The van der Waals surface area contributed by atoms with Gasteiger partial charge < -0.3 is 14.0 Å². The van der Waals surface area contributed by atoms with Crippen LogP contribution in [0.5, 0.6) is 0 Å². The van der Waals surface area contributed by atoms with Gasteiger partial charge in [-0.1, -0.05) is 30.3 Å². The molecule has 2 aromatic heterocycles. The van der Waals surface area contributed by atoms with Crippen LogP contribution in [0.15, 0.2) is 43.0 Å². The molecule has 0 fully saturated rings. The lowest BCUT2D eigenvalue weighted by molar-refractivity contribution is -0.101. The lowest BCUT2D eigenvalue weighted by atomic mass is 10.2. The molecule has 2 heterocycles. The van der Waals surface area contributed by atoms with Crippen LogP contribution in [0.3, 0.4) is 0 Å². The standard InChI is InChI=1S/C16H18N4O2/c1-21-14(22-2)8-13-15-16(18-10-17-13)20(11-19-15)9-12-6-4-3-5-7-12/h3-7,10-11,14H,8-9H2,1-2H3. The van der Waals surface area contributed by atoms with Crippen molar-refractivity contribution in [2.75, 3.05) is 14.2 Å². The maximum atomic E-state index is 5.24. The van der Waals surface area contributed by atoms with Gasteiger partial charge in [0.25, 0.3) is 0 Å².